The summed E-state index contributed by atoms with van der Waals surface area (Å²) in [6.07, 6.45) is 1.22. The lowest BCUT2D eigenvalue weighted by atomic mass is 9.85. The first-order valence-electron chi connectivity index (χ1n) is 12.5. The van der Waals surface area contributed by atoms with Crippen LogP contribution in [0.3, 0.4) is 0 Å². The fourth-order valence-corrected chi connectivity index (χ4v) is 5.53. The van der Waals surface area contributed by atoms with E-state index >= 15 is 0 Å². The molecule has 2 aliphatic rings. The van der Waals surface area contributed by atoms with Gasteiger partial charge in [0, 0.05) is 33.3 Å². The molecule has 2 saturated heterocycles. The van der Waals surface area contributed by atoms with Crippen molar-refractivity contribution in [1.29, 1.82) is 0 Å². The highest BCUT2D eigenvalue weighted by Gasteiger charge is 2.57. The van der Waals surface area contributed by atoms with Crippen molar-refractivity contribution in [2.24, 2.45) is 0 Å². The van der Waals surface area contributed by atoms with E-state index in [9.17, 15) is 9.59 Å². The summed E-state index contributed by atoms with van der Waals surface area (Å²) in [7, 11) is 3.30. The number of piperidine rings is 1. The summed E-state index contributed by atoms with van der Waals surface area (Å²) in [5, 5.41) is 2.24. The zero-order chi connectivity index (χ0) is 25.1. The van der Waals surface area contributed by atoms with E-state index in [0.717, 1.165) is 41.7 Å². The molecule has 0 unspecified atom stereocenters. The number of hydrogen-bond acceptors (Lipinski definition) is 5. The Labute approximate surface area is 212 Å². The van der Waals surface area contributed by atoms with Gasteiger partial charge in [0.05, 0.1) is 20.3 Å². The standard InChI is InChI=1S/C29H33N3O4/c1-35-17-16-32-28(34)31(21-23-10-11-24-7-3-4-8-25(24)18-23)27(33)29(32)12-14-30(15-13-29)20-22-6-5-9-26(19-22)36-2/h3-11,18-19H,12-17,20-21H2,1-2H3. The van der Waals surface area contributed by atoms with Crippen molar-refractivity contribution < 1.29 is 19.1 Å². The van der Waals surface area contributed by atoms with E-state index in [1.54, 1.807) is 19.1 Å². The number of ether oxygens (including phenoxy) is 2. The van der Waals surface area contributed by atoms with Gasteiger partial charge in [-0.3, -0.25) is 14.6 Å². The van der Waals surface area contributed by atoms with Gasteiger partial charge in [-0.05, 0) is 52.9 Å². The van der Waals surface area contributed by atoms with E-state index in [2.05, 4.69) is 29.2 Å². The molecule has 0 atom stereocenters. The van der Waals surface area contributed by atoms with Gasteiger partial charge in [-0.15, -0.1) is 0 Å². The summed E-state index contributed by atoms with van der Waals surface area (Å²) in [6, 6.07) is 22.1. The quantitative estimate of drug-likeness (QED) is 0.444. The Morgan fingerprint density at radius 3 is 2.33 bits per heavy atom. The SMILES string of the molecule is COCCN1C(=O)N(Cc2ccc3ccccc3c2)C(=O)C12CCN(Cc1cccc(OC)c1)CC2. The van der Waals surface area contributed by atoms with Gasteiger partial charge in [0.2, 0.25) is 0 Å². The van der Waals surface area contributed by atoms with Crippen LogP contribution in [-0.2, 0) is 22.6 Å². The lowest BCUT2D eigenvalue weighted by molar-refractivity contribution is -0.136. The Morgan fingerprint density at radius 1 is 0.833 bits per heavy atom. The minimum absolute atomic E-state index is 0.0854. The normalized spacial score (nSPS) is 17.9. The second-order valence-electron chi connectivity index (χ2n) is 9.66. The first kappa shape index (κ1) is 24.3. The molecule has 2 aliphatic heterocycles. The van der Waals surface area contributed by atoms with Crippen LogP contribution in [-0.4, -0.2) is 72.6 Å². The topological polar surface area (TPSA) is 62.3 Å². The molecule has 3 aromatic rings. The molecule has 2 fully saturated rings. The number of amides is 3. The first-order chi connectivity index (χ1) is 17.5. The number of benzene rings is 3. The molecule has 7 heteroatoms. The number of rotatable bonds is 8. The molecular formula is C29H33N3O4. The van der Waals surface area contributed by atoms with Crippen molar-refractivity contribution in [3.63, 3.8) is 0 Å². The number of methoxy groups -OCH3 is 2. The van der Waals surface area contributed by atoms with E-state index < -0.39 is 5.54 Å². The highest BCUT2D eigenvalue weighted by molar-refractivity contribution is 6.07. The Kier molecular flexibility index (Phi) is 6.94. The second-order valence-corrected chi connectivity index (χ2v) is 9.66. The molecule has 3 aromatic carbocycles. The number of carbonyl (C=O) groups is 2. The maximum absolute atomic E-state index is 13.9. The van der Waals surface area contributed by atoms with Crippen molar-refractivity contribution in [2.45, 2.75) is 31.5 Å². The zero-order valence-corrected chi connectivity index (χ0v) is 21.0. The zero-order valence-electron chi connectivity index (χ0n) is 21.0. The van der Waals surface area contributed by atoms with Gasteiger partial charge in [0.15, 0.2) is 0 Å². The molecule has 188 valence electrons. The van der Waals surface area contributed by atoms with Gasteiger partial charge in [-0.25, -0.2) is 4.79 Å². The molecule has 1 spiro atoms. The van der Waals surface area contributed by atoms with Gasteiger partial charge >= 0.3 is 6.03 Å². The van der Waals surface area contributed by atoms with Crippen LogP contribution in [0.15, 0.2) is 66.7 Å². The number of nitrogens with zero attached hydrogens (tertiary/aromatic N) is 3. The molecule has 7 nitrogen and oxygen atoms in total. The van der Waals surface area contributed by atoms with Gasteiger partial charge in [0.25, 0.3) is 5.91 Å². The highest BCUT2D eigenvalue weighted by Crippen LogP contribution is 2.38. The number of hydrogen-bond donors (Lipinski definition) is 0. The predicted octanol–water partition coefficient (Wildman–Crippen LogP) is 4.29. The van der Waals surface area contributed by atoms with Gasteiger partial charge in [0.1, 0.15) is 11.3 Å². The molecule has 3 amide bonds. The summed E-state index contributed by atoms with van der Waals surface area (Å²) >= 11 is 0. The third kappa shape index (κ3) is 4.56. The number of imide groups is 1. The fourth-order valence-electron chi connectivity index (χ4n) is 5.53. The largest absolute Gasteiger partial charge is 0.497 e. The Morgan fingerprint density at radius 2 is 1.58 bits per heavy atom. The average molecular weight is 488 g/mol. The third-order valence-electron chi connectivity index (χ3n) is 7.52. The maximum Gasteiger partial charge on any atom is 0.328 e. The van der Waals surface area contributed by atoms with E-state index in [1.165, 1.54) is 10.5 Å². The molecular weight excluding hydrogens is 454 g/mol. The van der Waals surface area contributed by atoms with Gasteiger partial charge in [-0.1, -0.05) is 48.5 Å². The summed E-state index contributed by atoms with van der Waals surface area (Å²) in [5.41, 5.74) is 1.32. The fraction of sp³-hybridized carbons (Fsp3) is 0.379. The third-order valence-corrected chi connectivity index (χ3v) is 7.52. The van der Waals surface area contributed by atoms with Crippen LogP contribution in [0.1, 0.15) is 24.0 Å². The Bertz CT molecular complexity index is 1250. The number of fused-ring (bicyclic) bond motifs is 1. The lowest BCUT2D eigenvalue weighted by Crippen LogP contribution is -2.57. The maximum atomic E-state index is 13.9. The van der Waals surface area contributed by atoms with E-state index in [4.69, 9.17) is 9.47 Å². The molecule has 5 rings (SSSR count). The molecule has 0 aromatic heterocycles. The van der Waals surface area contributed by atoms with Crippen LogP contribution in [0.2, 0.25) is 0 Å². The molecule has 0 N–H and O–H groups in total. The highest BCUT2D eigenvalue weighted by atomic mass is 16.5. The van der Waals surface area contributed by atoms with Crippen molar-refractivity contribution in [3.05, 3.63) is 77.9 Å². The number of carbonyl (C=O) groups excluding carboxylic acids is 2. The second kappa shape index (κ2) is 10.3. The Balaban J connectivity index is 1.34. The molecule has 0 bridgehead atoms. The first-order valence-corrected chi connectivity index (χ1v) is 12.5. The molecule has 0 saturated carbocycles. The lowest BCUT2D eigenvalue weighted by Gasteiger charge is -2.42. The summed E-state index contributed by atoms with van der Waals surface area (Å²) in [4.78, 5) is 33.0. The molecule has 0 aliphatic carbocycles. The van der Waals surface area contributed by atoms with Crippen LogP contribution in [0.4, 0.5) is 4.79 Å². The van der Waals surface area contributed by atoms with Gasteiger partial charge in [-0.2, -0.15) is 0 Å². The molecule has 36 heavy (non-hydrogen) atoms. The van der Waals surface area contributed by atoms with E-state index in [1.807, 2.05) is 42.5 Å². The van der Waals surface area contributed by atoms with Crippen LogP contribution in [0, 0.1) is 0 Å². The van der Waals surface area contributed by atoms with Crippen molar-refractivity contribution in [2.75, 3.05) is 40.5 Å². The molecule has 2 heterocycles. The number of likely N-dealkylation sites (tertiary alicyclic amines) is 1. The average Bonchev–Trinajstić information content (AvgIpc) is 3.09. The number of urea groups is 1. The van der Waals surface area contributed by atoms with Crippen LogP contribution in [0.5, 0.6) is 5.75 Å². The van der Waals surface area contributed by atoms with E-state index in [0.29, 0.717) is 26.0 Å². The van der Waals surface area contributed by atoms with Crippen molar-refractivity contribution >= 4 is 22.7 Å². The minimum Gasteiger partial charge on any atom is -0.497 e. The van der Waals surface area contributed by atoms with Crippen LogP contribution < -0.4 is 4.74 Å². The van der Waals surface area contributed by atoms with Crippen molar-refractivity contribution in [3.8, 4) is 5.75 Å². The summed E-state index contributed by atoms with van der Waals surface area (Å²) in [6.45, 7) is 3.35. The Hall–Kier alpha value is -3.42. The predicted molar refractivity (Wildman–Crippen MR) is 139 cm³/mol. The van der Waals surface area contributed by atoms with Crippen LogP contribution in [0.25, 0.3) is 10.8 Å². The van der Waals surface area contributed by atoms with Crippen molar-refractivity contribution in [1.82, 2.24) is 14.7 Å². The monoisotopic (exact) mass is 487 g/mol. The summed E-state index contributed by atoms with van der Waals surface area (Å²) in [5.74, 6) is 0.755. The van der Waals surface area contributed by atoms with Gasteiger partial charge < -0.3 is 14.4 Å². The summed E-state index contributed by atoms with van der Waals surface area (Å²) < 4.78 is 10.7. The van der Waals surface area contributed by atoms with E-state index in [-0.39, 0.29) is 18.5 Å². The minimum atomic E-state index is -0.808. The smallest absolute Gasteiger partial charge is 0.328 e. The molecule has 0 radical (unpaired) electrons. The van der Waals surface area contributed by atoms with Crippen LogP contribution >= 0.6 is 0 Å².